The van der Waals surface area contributed by atoms with Crippen LogP contribution in [0.1, 0.15) is 18.5 Å². The molecular formula is C13H18ClNO2S. The van der Waals surface area contributed by atoms with Crippen LogP contribution in [0.4, 0.5) is 0 Å². The summed E-state index contributed by atoms with van der Waals surface area (Å²) in [6.45, 7) is 6.29. The normalized spacial score (nSPS) is 13.6. The second-order valence-corrected chi connectivity index (χ2v) is 7.00. The van der Waals surface area contributed by atoms with E-state index in [-0.39, 0.29) is 6.04 Å². The van der Waals surface area contributed by atoms with Crippen LogP contribution in [0.3, 0.4) is 0 Å². The Balaban J connectivity index is 2.88. The molecule has 0 aliphatic heterocycles. The van der Waals surface area contributed by atoms with E-state index in [1.807, 2.05) is 31.0 Å². The van der Waals surface area contributed by atoms with E-state index >= 15 is 0 Å². The van der Waals surface area contributed by atoms with Gasteiger partial charge < -0.3 is 0 Å². The van der Waals surface area contributed by atoms with Gasteiger partial charge in [-0.05, 0) is 31.7 Å². The van der Waals surface area contributed by atoms with Crippen molar-refractivity contribution in [2.75, 3.05) is 19.8 Å². The Labute approximate surface area is 114 Å². The third-order valence-electron chi connectivity index (χ3n) is 2.87. The lowest BCUT2D eigenvalue weighted by atomic mass is 10.1. The molecule has 0 N–H and O–H groups in total. The molecule has 0 aliphatic rings. The van der Waals surface area contributed by atoms with Gasteiger partial charge in [0.2, 0.25) is 0 Å². The molecule has 0 bridgehead atoms. The summed E-state index contributed by atoms with van der Waals surface area (Å²) in [4.78, 5) is 2.38. The summed E-state index contributed by atoms with van der Waals surface area (Å²) >= 11 is 5.77. The lowest BCUT2D eigenvalue weighted by Crippen LogP contribution is -2.23. The largest absolute Gasteiger partial charge is 0.295 e. The highest BCUT2D eigenvalue weighted by atomic mass is 35.5. The van der Waals surface area contributed by atoms with Crippen molar-refractivity contribution in [3.8, 4) is 0 Å². The standard InChI is InChI=1S/C13H18ClNO2S/c1-10(14)9-15(3)11(2)12-5-7-13(8-6-12)18(4,16)17/h5-8,11H,1,9H2,2-4H3/t11-/m1/s1. The van der Waals surface area contributed by atoms with Crippen LogP contribution < -0.4 is 0 Å². The second kappa shape index (κ2) is 5.87. The van der Waals surface area contributed by atoms with Gasteiger partial charge in [-0.15, -0.1) is 0 Å². The van der Waals surface area contributed by atoms with E-state index in [0.717, 1.165) is 5.56 Å². The Kier molecular flexibility index (Phi) is 4.96. The molecule has 1 aromatic carbocycles. The maximum absolute atomic E-state index is 11.4. The Hall–Kier alpha value is -0.840. The summed E-state index contributed by atoms with van der Waals surface area (Å²) in [6.07, 6.45) is 1.20. The number of nitrogens with zero attached hydrogens (tertiary/aromatic N) is 1. The monoisotopic (exact) mass is 287 g/mol. The van der Waals surface area contributed by atoms with Crippen LogP contribution in [0.5, 0.6) is 0 Å². The molecule has 0 heterocycles. The van der Waals surface area contributed by atoms with Gasteiger partial charge in [-0.3, -0.25) is 4.90 Å². The van der Waals surface area contributed by atoms with Crippen molar-refractivity contribution < 1.29 is 8.42 Å². The zero-order valence-corrected chi connectivity index (χ0v) is 12.4. The lowest BCUT2D eigenvalue weighted by Gasteiger charge is -2.24. The third kappa shape index (κ3) is 4.12. The first-order chi connectivity index (χ1) is 8.21. The molecule has 0 spiro atoms. The molecule has 0 amide bonds. The lowest BCUT2D eigenvalue weighted by molar-refractivity contribution is 0.287. The Morgan fingerprint density at radius 2 is 1.89 bits per heavy atom. The molecule has 1 atom stereocenters. The quantitative estimate of drug-likeness (QED) is 0.836. The van der Waals surface area contributed by atoms with Gasteiger partial charge in [-0.2, -0.15) is 0 Å². The molecule has 0 radical (unpaired) electrons. The summed E-state index contributed by atoms with van der Waals surface area (Å²) in [7, 11) is -1.19. The van der Waals surface area contributed by atoms with Crippen LogP contribution in [-0.2, 0) is 9.84 Å². The molecule has 3 nitrogen and oxygen atoms in total. The molecule has 1 rings (SSSR count). The number of benzene rings is 1. The van der Waals surface area contributed by atoms with Gasteiger partial charge in [-0.25, -0.2) is 8.42 Å². The van der Waals surface area contributed by atoms with Crippen molar-refractivity contribution in [2.45, 2.75) is 17.9 Å². The van der Waals surface area contributed by atoms with E-state index in [1.165, 1.54) is 6.26 Å². The van der Waals surface area contributed by atoms with E-state index < -0.39 is 9.84 Å². The van der Waals surface area contributed by atoms with E-state index in [4.69, 9.17) is 11.6 Å². The summed E-state index contributed by atoms with van der Waals surface area (Å²) in [6, 6.07) is 7.06. The summed E-state index contributed by atoms with van der Waals surface area (Å²) in [5.74, 6) is 0. The molecule has 0 fully saturated rings. The topological polar surface area (TPSA) is 37.4 Å². The molecule has 100 valence electrons. The zero-order chi connectivity index (χ0) is 13.9. The minimum absolute atomic E-state index is 0.147. The average molecular weight is 288 g/mol. The first-order valence-corrected chi connectivity index (χ1v) is 7.82. The van der Waals surface area contributed by atoms with Crippen LogP contribution in [0.25, 0.3) is 0 Å². The Morgan fingerprint density at radius 3 is 2.28 bits per heavy atom. The number of halogens is 1. The van der Waals surface area contributed by atoms with E-state index in [0.29, 0.717) is 16.5 Å². The van der Waals surface area contributed by atoms with Gasteiger partial charge in [0, 0.05) is 23.9 Å². The number of rotatable bonds is 5. The van der Waals surface area contributed by atoms with Crippen molar-refractivity contribution >= 4 is 21.4 Å². The molecule has 0 saturated heterocycles. The molecule has 0 unspecified atom stereocenters. The van der Waals surface area contributed by atoms with Crippen LogP contribution in [0.15, 0.2) is 40.8 Å². The van der Waals surface area contributed by atoms with Gasteiger partial charge in [-0.1, -0.05) is 30.3 Å². The molecule has 0 aromatic heterocycles. The molecule has 0 aliphatic carbocycles. The molecule has 18 heavy (non-hydrogen) atoms. The van der Waals surface area contributed by atoms with E-state index in [1.54, 1.807) is 12.1 Å². The maximum Gasteiger partial charge on any atom is 0.175 e. The van der Waals surface area contributed by atoms with Crippen LogP contribution >= 0.6 is 11.6 Å². The number of likely N-dealkylation sites (N-methyl/N-ethyl adjacent to an activating group) is 1. The second-order valence-electron chi connectivity index (χ2n) is 4.45. The highest BCUT2D eigenvalue weighted by Gasteiger charge is 2.13. The fraction of sp³-hybridized carbons (Fsp3) is 0.385. The van der Waals surface area contributed by atoms with Crippen molar-refractivity contribution in [3.05, 3.63) is 41.4 Å². The van der Waals surface area contributed by atoms with Crippen LogP contribution in [-0.4, -0.2) is 33.2 Å². The molecule has 1 aromatic rings. The van der Waals surface area contributed by atoms with Gasteiger partial charge in [0.1, 0.15) is 0 Å². The van der Waals surface area contributed by atoms with Crippen molar-refractivity contribution in [3.63, 3.8) is 0 Å². The number of hydrogen-bond donors (Lipinski definition) is 0. The zero-order valence-electron chi connectivity index (χ0n) is 10.9. The molecule has 0 saturated carbocycles. The summed E-state index contributed by atoms with van der Waals surface area (Å²) < 4.78 is 22.7. The maximum atomic E-state index is 11.4. The summed E-state index contributed by atoms with van der Waals surface area (Å²) in [5.41, 5.74) is 1.04. The third-order valence-corrected chi connectivity index (χ3v) is 4.12. The predicted molar refractivity (Wildman–Crippen MR) is 75.6 cm³/mol. The smallest absolute Gasteiger partial charge is 0.175 e. The first-order valence-electron chi connectivity index (χ1n) is 5.55. The Bertz CT molecular complexity index is 522. The molecular weight excluding hydrogens is 270 g/mol. The van der Waals surface area contributed by atoms with Gasteiger partial charge in [0.25, 0.3) is 0 Å². The van der Waals surface area contributed by atoms with Crippen LogP contribution in [0, 0.1) is 0 Å². The number of hydrogen-bond acceptors (Lipinski definition) is 3. The molecule has 5 heteroatoms. The van der Waals surface area contributed by atoms with Gasteiger partial charge in [0.05, 0.1) is 4.90 Å². The Morgan fingerprint density at radius 1 is 1.39 bits per heavy atom. The first kappa shape index (κ1) is 15.2. The van der Waals surface area contributed by atoms with Crippen molar-refractivity contribution in [1.82, 2.24) is 4.90 Å². The minimum Gasteiger partial charge on any atom is -0.295 e. The summed E-state index contributed by atoms with van der Waals surface area (Å²) in [5, 5.41) is 0.581. The fourth-order valence-corrected chi connectivity index (χ4v) is 2.47. The van der Waals surface area contributed by atoms with Crippen LogP contribution in [0.2, 0.25) is 0 Å². The fourth-order valence-electron chi connectivity index (χ4n) is 1.66. The highest BCUT2D eigenvalue weighted by molar-refractivity contribution is 7.90. The van der Waals surface area contributed by atoms with Gasteiger partial charge >= 0.3 is 0 Å². The van der Waals surface area contributed by atoms with Gasteiger partial charge in [0.15, 0.2) is 9.84 Å². The van der Waals surface area contributed by atoms with Crippen molar-refractivity contribution in [2.24, 2.45) is 0 Å². The highest BCUT2D eigenvalue weighted by Crippen LogP contribution is 2.21. The number of sulfone groups is 1. The predicted octanol–water partition coefficient (Wildman–Crippen LogP) is 2.84. The van der Waals surface area contributed by atoms with E-state index in [9.17, 15) is 8.42 Å². The minimum atomic E-state index is -3.13. The van der Waals surface area contributed by atoms with Crippen molar-refractivity contribution in [1.29, 1.82) is 0 Å². The average Bonchev–Trinajstić information content (AvgIpc) is 2.26. The van der Waals surface area contributed by atoms with E-state index in [2.05, 4.69) is 6.58 Å². The SMILES string of the molecule is C=C(Cl)CN(C)[C@H](C)c1ccc(S(C)(=O)=O)cc1.